The highest BCUT2D eigenvalue weighted by molar-refractivity contribution is 5.80. The minimum atomic E-state index is -0.250. The van der Waals surface area contributed by atoms with E-state index in [1.165, 1.54) is 25.7 Å². The Morgan fingerprint density at radius 3 is 2.33 bits per heavy atom. The lowest BCUT2D eigenvalue weighted by Crippen LogP contribution is -2.52. The van der Waals surface area contributed by atoms with Crippen LogP contribution < -0.4 is 11.1 Å². The number of rotatable bonds is 6. The first kappa shape index (κ1) is 15.4. The van der Waals surface area contributed by atoms with Crippen LogP contribution in [0.3, 0.4) is 0 Å². The summed E-state index contributed by atoms with van der Waals surface area (Å²) in [6.07, 6.45) is 5.08. The van der Waals surface area contributed by atoms with Crippen LogP contribution in [-0.4, -0.2) is 42.5 Å². The van der Waals surface area contributed by atoms with Gasteiger partial charge in [0.25, 0.3) is 0 Å². The van der Waals surface area contributed by atoms with Crippen molar-refractivity contribution in [3.63, 3.8) is 0 Å². The topological polar surface area (TPSA) is 58.4 Å². The third-order valence-corrected chi connectivity index (χ3v) is 3.96. The number of hydrogen-bond donors (Lipinski definition) is 2. The van der Waals surface area contributed by atoms with Crippen LogP contribution >= 0.6 is 0 Å². The van der Waals surface area contributed by atoms with Crippen molar-refractivity contribution in [1.82, 2.24) is 10.2 Å². The Morgan fingerprint density at radius 2 is 1.89 bits per heavy atom. The maximum Gasteiger partial charge on any atom is 0.235 e. The van der Waals surface area contributed by atoms with Gasteiger partial charge in [0, 0.05) is 18.6 Å². The summed E-state index contributed by atoms with van der Waals surface area (Å²) in [5, 5.41) is 3.24. The van der Waals surface area contributed by atoms with Crippen LogP contribution in [0, 0.1) is 5.92 Å². The zero-order chi connectivity index (χ0) is 13.7. The number of nitrogens with two attached hydrogens (primary N) is 1. The fraction of sp³-hybridized carbons (Fsp3) is 0.929. The molecular weight excluding hydrogens is 226 g/mol. The second kappa shape index (κ2) is 7.10. The predicted octanol–water partition coefficient (Wildman–Crippen LogP) is 1.35. The van der Waals surface area contributed by atoms with Gasteiger partial charge < -0.3 is 16.0 Å². The summed E-state index contributed by atoms with van der Waals surface area (Å²) in [6, 6.07) is 0.647. The Hall–Kier alpha value is -0.610. The van der Waals surface area contributed by atoms with Crippen molar-refractivity contribution in [2.45, 2.75) is 64.6 Å². The second-order valence-electron chi connectivity index (χ2n) is 6.13. The van der Waals surface area contributed by atoms with Gasteiger partial charge in [-0.25, -0.2) is 0 Å². The van der Waals surface area contributed by atoms with Crippen LogP contribution in [0.1, 0.15) is 46.5 Å². The first-order valence-corrected chi connectivity index (χ1v) is 7.15. The van der Waals surface area contributed by atoms with Crippen molar-refractivity contribution >= 4 is 5.91 Å². The fourth-order valence-corrected chi connectivity index (χ4v) is 2.75. The van der Waals surface area contributed by atoms with E-state index in [2.05, 4.69) is 24.2 Å². The van der Waals surface area contributed by atoms with Crippen LogP contribution in [0.25, 0.3) is 0 Å². The number of primary amides is 1. The lowest BCUT2D eigenvalue weighted by atomic mass is 9.86. The summed E-state index contributed by atoms with van der Waals surface area (Å²) in [5.74, 6) is 0.607. The molecule has 0 bridgehead atoms. The molecule has 1 rings (SSSR count). The van der Waals surface area contributed by atoms with E-state index in [1.54, 1.807) is 0 Å². The zero-order valence-electron chi connectivity index (χ0n) is 12.3. The van der Waals surface area contributed by atoms with Crippen molar-refractivity contribution in [3.8, 4) is 0 Å². The molecule has 1 atom stereocenters. The van der Waals surface area contributed by atoms with E-state index in [0.717, 1.165) is 5.92 Å². The van der Waals surface area contributed by atoms with Gasteiger partial charge in [-0.05, 0) is 38.6 Å². The average molecular weight is 255 g/mol. The Labute approximate surface area is 111 Å². The number of amides is 1. The molecule has 106 valence electrons. The van der Waals surface area contributed by atoms with Gasteiger partial charge in [0.1, 0.15) is 0 Å². The van der Waals surface area contributed by atoms with Crippen molar-refractivity contribution in [1.29, 1.82) is 0 Å². The SMILES string of the molecule is CC1CCC(N(C)CC(NC(C)C)C(N)=O)CC1. The smallest absolute Gasteiger partial charge is 0.235 e. The minimum absolute atomic E-state index is 0.241. The number of carbonyl (C=O) groups is 1. The quantitative estimate of drug-likeness (QED) is 0.753. The molecule has 1 unspecified atom stereocenters. The molecule has 0 aliphatic heterocycles. The minimum Gasteiger partial charge on any atom is -0.368 e. The monoisotopic (exact) mass is 255 g/mol. The van der Waals surface area contributed by atoms with E-state index in [0.29, 0.717) is 12.6 Å². The van der Waals surface area contributed by atoms with E-state index in [9.17, 15) is 4.79 Å². The summed E-state index contributed by atoms with van der Waals surface area (Å²) in [4.78, 5) is 13.7. The standard InChI is InChI=1S/C14H29N3O/c1-10(2)16-13(14(15)18)9-17(4)12-7-5-11(3)6-8-12/h10-13,16H,5-9H2,1-4H3,(H2,15,18). The highest BCUT2D eigenvalue weighted by Gasteiger charge is 2.25. The Kier molecular flexibility index (Phi) is 6.09. The van der Waals surface area contributed by atoms with Gasteiger partial charge in [0.2, 0.25) is 5.91 Å². The first-order valence-electron chi connectivity index (χ1n) is 7.15. The predicted molar refractivity (Wildman–Crippen MR) is 75.3 cm³/mol. The number of hydrogen-bond acceptors (Lipinski definition) is 3. The van der Waals surface area contributed by atoms with Gasteiger partial charge in [0.15, 0.2) is 0 Å². The molecule has 1 fully saturated rings. The van der Waals surface area contributed by atoms with Crippen LogP contribution in [0.5, 0.6) is 0 Å². The van der Waals surface area contributed by atoms with Gasteiger partial charge >= 0.3 is 0 Å². The van der Waals surface area contributed by atoms with Crippen LogP contribution in [-0.2, 0) is 4.79 Å². The summed E-state index contributed by atoms with van der Waals surface area (Å²) in [6.45, 7) is 7.12. The lowest BCUT2D eigenvalue weighted by molar-refractivity contribution is -0.120. The molecule has 0 aromatic heterocycles. The van der Waals surface area contributed by atoms with Crippen molar-refractivity contribution in [3.05, 3.63) is 0 Å². The third kappa shape index (κ3) is 4.94. The first-order chi connectivity index (χ1) is 8.40. The molecule has 1 saturated carbocycles. The molecule has 0 spiro atoms. The Morgan fingerprint density at radius 1 is 1.33 bits per heavy atom. The van der Waals surface area contributed by atoms with Gasteiger partial charge in [0.05, 0.1) is 6.04 Å². The van der Waals surface area contributed by atoms with E-state index in [-0.39, 0.29) is 18.0 Å². The van der Waals surface area contributed by atoms with E-state index in [1.807, 2.05) is 13.8 Å². The lowest BCUT2D eigenvalue weighted by Gasteiger charge is -2.35. The van der Waals surface area contributed by atoms with Crippen LogP contribution in [0.4, 0.5) is 0 Å². The molecule has 0 saturated heterocycles. The Bertz CT molecular complexity index is 260. The average Bonchev–Trinajstić information content (AvgIpc) is 2.28. The molecule has 4 nitrogen and oxygen atoms in total. The van der Waals surface area contributed by atoms with Gasteiger partial charge in [-0.2, -0.15) is 0 Å². The number of nitrogens with one attached hydrogen (secondary N) is 1. The third-order valence-electron chi connectivity index (χ3n) is 3.96. The highest BCUT2D eigenvalue weighted by Crippen LogP contribution is 2.26. The summed E-state index contributed by atoms with van der Waals surface area (Å²) < 4.78 is 0. The molecule has 1 aliphatic carbocycles. The van der Waals surface area contributed by atoms with E-state index < -0.39 is 0 Å². The molecule has 0 aromatic rings. The normalized spacial score (nSPS) is 26.6. The molecule has 1 amide bonds. The van der Waals surface area contributed by atoms with Crippen molar-refractivity contribution in [2.75, 3.05) is 13.6 Å². The Balaban J connectivity index is 2.45. The zero-order valence-corrected chi connectivity index (χ0v) is 12.3. The molecule has 0 aromatic carbocycles. The molecule has 18 heavy (non-hydrogen) atoms. The largest absolute Gasteiger partial charge is 0.368 e. The van der Waals surface area contributed by atoms with E-state index >= 15 is 0 Å². The summed E-state index contributed by atoms with van der Waals surface area (Å²) in [5.41, 5.74) is 5.46. The van der Waals surface area contributed by atoms with Crippen LogP contribution in [0.2, 0.25) is 0 Å². The summed E-state index contributed by atoms with van der Waals surface area (Å²) >= 11 is 0. The van der Waals surface area contributed by atoms with Gasteiger partial charge in [-0.1, -0.05) is 20.8 Å². The molecule has 0 radical (unpaired) electrons. The number of likely N-dealkylation sites (N-methyl/N-ethyl adjacent to an activating group) is 1. The number of nitrogens with zero attached hydrogens (tertiary/aromatic N) is 1. The van der Waals surface area contributed by atoms with Crippen LogP contribution in [0.15, 0.2) is 0 Å². The number of carbonyl (C=O) groups excluding carboxylic acids is 1. The van der Waals surface area contributed by atoms with E-state index in [4.69, 9.17) is 5.73 Å². The van der Waals surface area contributed by atoms with Crippen molar-refractivity contribution < 1.29 is 4.79 Å². The van der Waals surface area contributed by atoms with Gasteiger partial charge in [-0.15, -0.1) is 0 Å². The maximum atomic E-state index is 11.4. The molecule has 0 heterocycles. The van der Waals surface area contributed by atoms with Crippen molar-refractivity contribution in [2.24, 2.45) is 11.7 Å². The fourth-order valence-electron chi connectivity index (χ4n) is 2.75. The maximum absolute atomic E-state index is 11.4. The highest BCUT2D eigenvalue weighted by atomic mass is 16.1. The summed E-state index contributed by atoms with van der Waals surface area (Å²) in [7, 11) is 2.11. The molecular formula is C14H29N3O. The second-order valence-corrected chi connectivity index (χ2v) is 6.13. The molecule has 3 N–H and O–H groups in total. The molecule has 4 heteroatoms. The van der Waals surface area contributed by atoms with Gasteiger partial charge in [-0.3, -0.25) is 4.79 Å². The molecule has 1 aliphatic rings.